The molecule has 0 amide bonds. The molecule has 0 aliphatic carbocycles. The Hall–Kier alpha value is 1.14. The van der Waals surface area contributed by atoms with Gasteiger partial charge in [0, 0.05) is 6.61 Å². The van der Waals surface area contributed by atoms with Crippen molar-refractivity contribution >= 4 is 55.0 Å². The monoisotopic (exact) mass is 446 g/mol. The first-order valence-electron chi connectivity index (χ1n) is 8.47. The number of aliphatic hydroxyl groups excluding tert-OH is 1. The SMILES string of the molecule is C.C.C[Si](C)(C[SiH2]O[Si](C)(C)C[SiH2]O[Si](C)(C)CCCCO)O[SiH3]. The van der Waals surface area contributed by atoms with Crippen molar-refractivity contribution in [3.8, 4) is 0 Å². The highest BCUT2D eigenvalue weighted by molar-refractivity contribution is 6.86. The lowest BCUT2D eigenvalue weighted by molar-refractivity contribution is 0.286. The second-order valence-electron chi connectivity index (χ2n) is 7.86. The minimum Gasteiger partial charge on any atom is -0.464 e. The average molecular weight is 447 g/mol. The van der Waals surface area contributed by atoms with Gasteiger partial charge in [-0.25, -0.2) is 0 Å². The third kappa shape index (κ3) is 16.6. The molecule has 0 aliphatic heterocycles. The molecule has 0 spiro atoms. The first kappa shape index (κ1) is 29.9. The maximum Gasteiger partial charge on any atom is 0.172 e. The molecule has 0 heterocycles. The lowest BCUT2D eigenvalue weighted by atomic mass is 10.4. The van der Waals surface area contributed by atoms with Gasteiger partial charge in [-0.3, -0.25) is 0 Å². The Morgan fingerprint density at radius 1 is 0.792 bits per heavy atom. The van der Waals surface area contributed by atoms with E-state index in [1.54, 1.807) is 0 Å². The molecule has 0 aliphatic rings. The van der Waals surface area contributed by atoms with Gasteiger partial charge in [0.2, 0.25) is 0 Å². The van der Waals surface area contributed by atoms with Crippen LogP contribution in [0.2, 0.25) is 56.7 Å². The van der Waals surface area contributed by atoms with E-state index in [4.69, 9.17) is 17.5 Å². The number of unbranched alkanes of at least 4 members (excludes halogenated alkanes) is 1. The molecule has 10 heteroatoms. The summed E-state index contributed by atoms with van der Waals surface area (Å²) < 4.78 is 18.4. The second kappa shape index (κ2) is 14.2. The van der Waals surface area contributed by atoms with Crippen molar-refractivity contribution in [1.82, 2.24) is 0 Å². The highest BCUT2D eigenvalue weighted by atomic mass is 28.4. The average Bonchev–Trinajstić information content (AvgIpc) is 2.37. The van der Waals surface area contributed by atoms with Gasteiger partial charge in [0.15, 0.2) is 25.0 Å². The number of rotatable bonds is 13. The maximum absolute atomic E-state index is 8.88. The second-order valence-corrected chi connectivity index (χ2v) is 27.7. The van der Waals surface area contributed by atoms with Gasteiger partial charge < -0.3 is 17.5 Å². The van der Waals surface area contributed by atoms with Gasteiger partial charge in [-0.05, 0) is 63.1 Å². The van der Waals surface area contributed by atoms with Gasteiger partial charge >= 0.3 is 0 Å². The molecule has 0 saturated heterocycles. The van der Waals surface area contributed by atoms with Gasteiger partial charge in [-0.1, -0.05) is 21.3 Å². The molecule has 150 valence electrons. The van der Waals surface area contributed by atoms with Gasteiger partial charge in [0.25, 0.3) is 0 Å². The van der Waals surface area contributed by atoms with E-state index in [-0.39, 0.29) is 14.9 Å². The summed E-state index contributed by atoms with van der Waals surface area (Å²) in [4.78, 5) is 0. The van der Waals surface area contributed by atoms with Crippen molar-refractivity contribution in [2.24, 2.45) is 0 Å². The zero-order valence-corrected chi connectivity index (χ0v) is 23.7. The van der Waals surface area contributed by atoms with Crippen molar-refractivity contribution < 1.29 is 17.5 Å². The molecule has 0 atom stereocenters. The number of hydrogen-bond donors (Lipinski definition) is 1. The van der Waals surface area contributed by atoms with E-state index in [0.29, 0.717) is 6.61 Å². The summed E-state index contributed by atoms with van der Waals surface area (Å²) in [7, 11) is -4.36. The van der Waals surface area contributed by atoms with Crippen LogP contribution >= 0.6 is 0 Å². The minimum absolute atomic E-state index is 0. The number of aliphatic hydroxyl groups is 1. The van der Waals surface area contributed by atoms with Crippen LogP contribution in [-0.2, 0) is 12.3 Å². The zero-order valence-electron chi connectivity index (χ0n) is 15.8. The van der Waals surface area contributed by atoms with Crippen molar-refractivity contribution in [2.75, 3.05) is 6.61 Å². The molecule has 0 unspecified atom stereocenters. The van der Waals surface area contributed by atoms with Crippen LogP contribution in [-0.4, -0.2) is 66.7 Å². The molecule has 4 nitrogen and oxygen atoms in total. The van der Waals surface area contributed by atoms with E-state index in [2.05, 4.69) is 39.3 Å². The standard InChI is InChI=1S/C12H38O4Si6.2CH4/c1-20(2,10-8-7-9-13)15-19-12-22(5,6)16-18-11-21(3,4)14-17;;/h13H,7-12,18-19H2,1-6,17H3;2*1H4. The molecule has 0 radical (unpaired) electrons. The largest absolute Gasteiger partial charge is 0.464 e. The molecular formula is C14H46O4Si6. The third-order valence-corrected chi connectivity index (χ3v) is 29.3. The summed E-state index contributed by atoms with van der Waals surface area (Å²) in [6, 6.07) is 1.18. The third-order valence-electron chi connectivity index (χ3n) is 4.13. The predicted octanol–water partition coefficient (Wildman–Crippen LogP) is 2.06. The van der Waals surface area contributed by atoms with E-state index in [1.807, 2.05) is 0 Å². The Kier molecular flexibility index (Phi) is 17.7. The molecule has 1 N–H and O–H groups in total. The van der Waals surface area contributed by atoms with E-state index in [9.17, 15) is 0 Å². The molecule has 0 fully saturated rings. The quantitative estimate of drug-likeness (QED) is 0.347. The molecular weight excluding hydrogens is 401 g/mol. The molecule has 0 saturated carbocycles. The first-order chi connectivity index (χ1) is 10.0. The fourth-order valence-corrected chi connectivity index (χ4v) is 19.3. The van der Waals surface area contributed by atoms with E-state index in [0.717, 1.165) is 23.3 Å². The number of hydrogen-bond acceptors (Lipinski definition) is 4. The molecule has 0 aromatic rings. The fraction of sp³-hybridized carbons (Fsp3) is 1.00. The summed E-state index contributed by atoms with van der Waals surface area (Å²) in [5.74, 6) is 0. The summed E-state index contributed by atoms with van der Waals surface area (Å²) in [5.41, 5.74) is 2.48. The summed E-state index contributed by atoms with van der Waals surface area (Å²) in [5, 5.41) is 8.88. The van der Waals surface area contributed by atoms with Crippen molar-refractivity contribution in [3.05, 3.63) is 0 Å². The molecule has 0 rings (SSSR count). The smallest absolute Gasteiger partial charge is 0.172 e. The molecule has 0 aromatic carbocycles. The first-order valence-corrected chi connectivity index (χ1v) is 21.8. The van der Waals surface area contributed by atoms with E-state index in [1.165, 1.54) is 17.4 Å². The van der Waals surface area contributed by atoms with Crippen molar-refractivity contribution in [3.63, 3.8) is 0 Å². The fourth-order valence-electron chi connectivity index (χ4n) is 2.06. The normalized spacial score (nSPS) is 13.6. The Balaban J connectivity index is -0.00000220. The van der Waals surface area contributed by atoms with Crippen LogP contribution in [0.1, 0.15) is 27.7 Å². The van der Waals surface area contributed by atoms with Gasteiger partial charge in [-0.15, -0.1) is 0 Å². The summed E-state index contributed by atoms with van der Waals surface area (Å²) in [6.45, 7) is 14.3. The van der Waals surface area contributed by atoms with Crippen LogP contribution in [0.4, 0.5) is 0 Å². The lowest BCUT2D eigenvalue weighted by Gasteiger charge is -2.29. The molecule has 0 bridgehead atoms. The van der Waals surface area contributed by atoms with Crippen LogP contribution in [0.25, 0.3) is 0 Å². The highest BCUT2D eigenvalue weighted by Gasteiger charge is 2.27. The van der Waals surface area contributed by atoms with Gasteiger partial charge in [0.05, 0.1) is 0 Å². The van der Waals surface area contributed by atoms with Crippen LogP contribution in [0.5, 0.6) is 0 Å². The maximum atomic E-state index is 8.88. The Labute approximate surface area is 163 Å². The van der Waals surface area contributed by atoms with Gasteiger partial charge in [-0.2, -0.15) is 0 Å². The van der Waals surface area contributed by atoms with Crippen LogP contribution in [0.15, 0.2) is 0 Å². The van der Waals surface area contributed by atoms with Crippen LogP contribution in [0.3, 0.4) is 0 Å². The Bertz CT molecular complexity index is 303. The van der Waals surface area contributed by atoms with E-state index >= 15 is 0 Å². The molecule has 0 aromatic heterocycles. The summed E-state index contributed by atoms with van der Waals surface area (Å²) >= 11 is 0. The van der Waals surface area contributed by atoms with Crippen molar-refractivity contribution in [2.45, 2.75) is 84.4 Å². The van der Waals surface area contributed by atoms with Crippen LogP contribution < -0.4 is 0 Å². The van der Waals surface area contributed by atoms with Crippen molar-refractivity contribution in [1.29, 1.82) is 0 Å². The van der Waals surface area contributed by atoms with Crippen LogP contribution in [0, 0.1) is 0 Å². The Morgan fingerprint density at radius 2 is 1.25 bits per heavy atom. The lowest BCUT2D eigenvalue weighted by Crippen LogP contribution is -2.40. The highest BCUT2D eigenvalue weighted by Crippen LogP contribution is 2.18. The predicted molar refractivity (Wildman–Crippen MR) is 127 cm³/mol. The molecule has 24 heavy (non-hydrogen) atoms. The minimum atomic E-state index is -1.50. The zero-order chi connectivity index (χ0) is 17.3. The summed E-state index contributed by atoms with van der Waals surface area (Å²) in [6.07, 6.45) is 2.02. The van der Waals surface area contributed by atoms with Gasteiger partial charge in [0.1, 0.15) is 30.0 Å². The van der Waals surface area contributed by atoms with E-state index < -0.39 is 44.5 Å². The topological polar surface area (TPSA) is 47.9 Å². The Morgan fingerprint density at radius 3 is 1.71 bits per heavy atom.